The monoisotopic (exact) mass is 310 g/mol. The van der Waals surface area contributed by atoms with Gasteiger partial charge in [-0.05, 0) is 18.2 Å². The van der Waals surface area contributed by atoms with Gasteiger partial charge in [-0.25, -0.2) is 9.97 Å². The summed E-state index contributed by atoms with van der Waals surface area (Å²) in [5, 5.41) is 0. The zero-order valence-corrected chi connectivity index (χ0v) is 11.3. The van der Waals surface area contributed by atoms with Crippen molar-refractivity contribution < 1.29 is 4.79 Å². The second-order valence-corrected chi connectivity index (χ2v) is 5.34. The van der Waals surface area contributed by atoms with E-state index in [1.807, 2.05) is 42.5 Å². The predicted molar refractivity (Wildman–Crippen MR) is 76.1 cm³/mol. The molecule has 3 nitrogen and oxygen atoms in total. The molecule has 4 heteroatoms. The van der Waals surface area contributed by atoms with Crippen LogP contribution in [0.2, 0.25) is 0 Å². The zero-order chi connectivity index (χ0) is 13.0. The highest BCUT2D eigenvalue weighted by atomic mass is 79.9. The number of benzene rings is 2. The van der Waals surface area contributed by atoms with Crippen LogP contribution < -0.4 is 0 Å². The predicted octanol–water partition coefficient (Wildman–Crippen LogP) is 3.60. The van der Waals surface area contributed by atoms with Crippen molar-refractivity contribution in [2.45, 2.75) is 0 Å². The van der Waals surface area contributed by atoms with Gasteiger partial charge >= 0.3 is 0 Å². The maximum atomic E-state index is 12.3. The first-order valence-electron chi connectivity index (χ1n) is 5.85. The van der Waals surface area contributed by atoms with Gasteiger partial charge in [-0.2, -0.15) is 0 Å². The lowest BCUT2D eigenvalue weighted by molar-refractivity contribution is 0.103. The van der Waals surface area contributed by atoms with Gasteiger partial charge in [0.15, 0.2) is 0 Å². The molecule has 3 aromatic rings. The van der Waals surface area contributed by atoms with Crippen LogP contribution in [0.1, 0.15) is 16.1 Å². The Bertz CT molecular complexity index is 858. The number of hydrogen-bond donors (Lipinski definition) is 0. The zero-order valence-electron chi connectivity index (χ0n) is 9.72. The van der Waals surface area contributed by atoms with E-state index in [9.17, 15) is 4.79 Å². The van der Waals surface area contributed by atoms with Crippen LogP contribution in [-0.4, -0.2) is 15.8 Å². The maximum absolute atomic E-state index is 12.3. The van der Waals surface area contributed by atoms with E-state index in [4.69, 9.17) is 0 Å². The Kier molecular flexibility index (Phi) is 2.11. The number of aromatic nitrogens is 2. The van der Waals surface area contributed by atoms with Crippen molar-refractivity contribution in [1.82, 2.24) is 9.97 Å². The summed E-state index contributed by atoms with van der Waals surface area (Å²) in [6.07, 6.45) is 0. The summed E-state index contributed by atoms with van der Waals surface area (Å²) in [7, 11) is 0. The van der Waals surface area contributed by atoms with Crippen molar-refractivity contribution in [2.24, 2.45) is 0 Å². The first-order chi connectivity index (χ1) is 9.24. The second-order valence-electron chi connectivity index (χ2n) is 4.43. The number of fused-ring (bicyclic) bond motifs is 4. The van der Waals surface area contributed by atoms with Crippen LogP contribution in [0, 0.1) is 0 Å². The molecule has 0 saturated heterocycles. The smallest absolute Gasteiger partial charge is 0.214 e. The molecule has 90 valence electrons. The van der Waals surface area contributed by atoms with Crippen molar-refractivity contribution in [3.8, 4) is 11.3 Å². The minimum absolute atomic E-state index is 0.0417. The van der Waals surface area contributed by atoms with E-state index < -0.39 is 0 Å². The van der Waals surface area contributed by atoms with Crippen molar-refractivity contribution in [2.75, 3.05) is 0 Å². The van der Waals surface area contributed by atoms with Crippen LogP contribution in [0.25, 0.3) is 22.3 Å². The van der Waals surface area contributed by atoms with Gasteiger partial charge < -0.3 is 0 Å². The number of halogens is 1. The molecule has 1 aliphatic carbocycles. The Morgan fingerprint density at radius 1 is 0.842 bits per heavy atom. The van der Waals surface area contributed by atoms with Crippen molar-refractivity contribution in [3.05, 3.63) is 58.2 Å². The minimum atomic E-state index is -0.0417. The number of ketones is 1. The van der Waals surface area contributed by atoms with Gasteiger partial charge in [0.1, 0.15) is 11.4 Å². The van der Waals surface area contributed by atoms with Gasteiger partial charge in [0.2, 0.25) is 5.78 Å². The maximum Gasteiger partial charge on any atom is 0.214 e. The summed E-state index contributed by atoms with van der Waals surface area (Å²) in [6, 6.07) is 13.2. The molecule has 0 atom stereocenters. The highest BCUT2D eigenvalue weighted by Crippen LogP contribution is 2.35. The molecule has 0 N–H and O–H groups in total. The molecule has 0 saturated carbocycles. The Balaban J connectivity index is 2.11. The fraction of sp³-hybridized carbons (Fsp3) is 0. The summed E-state index contributed by atoms with van der Waals surface area (Å²) in [5.41, 5.74) is 4.23. The molecule has 0 unspecified atom stereocenters. The van der Waals surface area contributed by atoms with E-state index in [0.717, 1.165) is 21.1 Å². The molecule has 0 spiro atoms. The van der Waals surface area contributed by atoms with Crippen LogP contribution in [0.4, 0.5) is 0 Å². The molecular weight excluding hydrogens is 304 g/mol. The Labute approximate surface area is 117 Å². The van der Waals surface area contributed by atoms with Crippen molar-refractivity contribution in [1.29, 1.82) is 0 Å². The number of carbonyl (C=O) groups excluding carboxylic acids is 1. The quantitative estimate of drug-likeness (QED) is 0.498. The average molecular weight is 311 g/mol. The summed E-state index contributed by atoms with van der Waals surface area (Å²) < 4.78 is 0.928. The molecule has 1 aromatic heterocycles. The first-order valence-corrected chi connectivity index (χ1v) is 6.65. The lowest BCUT2D eigenvalue weighted by atomic mass is 10.1. The fourth-order valence-corrected chi connectivity index (χ4v) is 2.74. The molecule has 0 aliphatic heterocycles. The molecular formula is C15H7BrN2O. The highest BCUT2D eigenvalue weighted by Gasteiger charge is 2.29. The molecule has 19 heavy (non-hydrogen) atoms. The van der Waals surface area contributed by atoms with Crippen LogP contribution in [0.3, 0.4) is 0 Å². The lowest BCUT2D eigenvalue weighted by Crippen LogP contribution is -1.99. The molecule has 0 bridgehead atoms. The lowest BCUT2D eigenvalue weighted by Gasteiger charge is -2.02. The topological polar surface area (TPSA) is 42.9 Å². The van der Waals surface area contributed by atoms with Gasteiger partial charge in [-0.3, -0.25) is 4.79 Å². The molecule has 0 radical (unpaired) electrons. The number of nitrogens with zero attached hydrogens (tertiary/aromatic N) is 2. The summed E-state index contributed by atoms with van der Waals surface area (Å²) in [4.78, 5) is 21.4. The third kappa shape index (κ3) is 1.47. The van der Waals surface area contributed by atoms with E-state index in [2.05, 4.69) is 25.9 Å². The third-order valence-electron chi connectivity index (χ3n) is 3.27. The minimum Gasteiger partial charge on any atom is -0.287 e. The normalized spacial score (nSPS) is 12.6. The molecule has 1 heterocycles. The Hall–Kier alpha value is -2.07. The first kappa shape index (κ1) is 10.8. The number of carbonyl (C=O) groups is 1. The van der Waals surface area contributed by atoms with Crippen molar-refractivity contribution >= 4 is 32.7 Å². The average Bonchev–Trinajstić information content (AvgIpc) is 2.70. The van der Waals surface area contributed by atoms with E-state index in [1.54, 1.807) is 0 Å². The Morgan fingerprint density at radius 2 is 1.58 bits per heavy atom. The largest absolute Gasteiger partial charge is 0.287 e. The van der Waals surface area contributed by atoms with Gasteiger partial charge in [-0.1, -0.05) is 40.2 Å². The van der Waals surface area contributed by atoms with Gasteiger partial charge in [-0.15, -0.1) is 0 Å². The summed E-state index contributed by atoms with van der Waals surface area (Å²) >= 11 is 3.40. The van der Waals surface area contributed by atoms with Crippen LogP contribution in [0.5, 0.6) is 0 Å². The van der Waals surface area contributed by atoms with Crippen LogP contribution >= 0.6 is 15.9 Å². The van der Waals surface area contributed by atoms with E-state index in [-0.39, 0.29) is 5.78 Å². The molecule has 1 aliphatic rings. The van der Waals surface area contributed by atoms with Crippen LogP contribution in [-0.2, 0) is 0 Å². The van der Waals surface area contributed by atoms with Crippen molar-refractivity contribution in [3.63, 3.8) is 0 Å². The summed E-state index contributed by atoms with van der Waals surface area (Å²) in [6.45, 7) is 0. The number of rotatable bonds is 0. The molecule has 0 amide bonds. The second kappa shape index (κ2) is 3.71. The van der Waals surface area contributed by atoms with E-state index in [1.165, 1.54) is 0 Å². The number of hydrogen-bond acceptors (Lipinski definition) is 3. The molecule has 0 fully saturated rings. The van der Waals surface area contributed by atoms with Gasteiger partial charge in [0, 0.05) is 15.6 Å². The highest BCUT2D eigenvalue weighted by molar-refractivity contribution is 9.10. The fourth-order valence-electron chi connectivity index (χ4n) is 2.39. The molecule has 4 rings (SSSR count). The Morgan fingerprint density at radius 3 is 2.42 bits per heavy atom. The van der Waals surface area contributed by atoms with Gasteiger partial charge in [0.25, 0.3) is 0 Å². The summed E-state index contributed by atoms with van der Waals surface area (Å²) in [5.74, 6) is -0.0417. The standard InChI is InChI=1S/C15H7BrN2O/c16-8-5-6-11-12(7-8)18-14-13(17-11)9-3-1-2-4-10(9)15(14)19/h1-7H. The van der Waals surface area contributed by atoms with Crippen LogP contribution in [0.15, 0.2) is 46.9 Å². The molecule has 2 aromatic carbocycles. The SMILES string of the molecule is O=C1c2ccccc2-c2nc3ccc(Br)cc3nc21. The van der Waals surface area contributed by atoms with E-state index in [0.29, 0.717) is 17.0 Å². The van der Waals surface area contributed by atoms with E-state index >= 15 is 0 Å². The third-order valence-corrected chi connectivity index (χ3v) is 3.76. The van der Waals surface area contributed by atoms with Gasteiger partial charge in [0.05, 0.1) is 11.0 Å².